The van der Waals surface area contributed by atoms with Crippen LogP contribution >= 0.6 is 0 Å². The van der Waals surface area contributed by atoms with Gasteiger partial charge in [-0.15, -0.1) is 0 Å². The first-order valence-electron chi connectivity index (χ1n) is 5.98. The second-order valence-corrected chi connectivity index (χ2v) is 4.20. The predicted octanol–water partition coefficient (Wildman–Crippen LogP) is 1.87. The number of nitrogens with two attached hydrogens (primary N) is 1. The fourth-order valence-corrected chi connectivity index (χ4v) is 1.84. The molecule has 6 heteroatoms. The van der Waals surface area contributed by atoms with Gasteiger partial charge in [0.25, 0.3) is 5.89 Å². The zero-order valence-corrected chi connectivity index (χ0v) is 10.1. The first-order valence-corrected chi connectivity index (χ1v) is 5.98. The Morgan fingerprint density at radius 3 is 2.95 bits per heavy atom. The van der Waals surface area contributed by atoms with Crippen molar-refractivity contribution in [2.24, 2.45) is 5.73 Å². The number of hydrogen-bond acceptors (Lipinski definition) is 6. The molecule has 1 aromatic carbocycles. The molecule has 1 unspecified atom stereocenters. The van der Waals surface area contributed by atoms with Crippen LogP contribution in [0, 0.1) is 0 Å². The van der Waals surface area contributed by atoms with Crippen LogP contribution in [0.1, 0.15) is 18.4 Å². The summed E-state index contributed by atoms with van der Waals surface area (Å²) in [6.07, 6.45) is -0.461. The highest BCUT2D eigenvalue weighted by molar-refractivity contribution is 5.81. The number of para-hydroxylation sites is 1. The topological polar surface area (TPSA) is 98.3 Å². The Bertz CT molecular complexity index is 656. The highest BCUT2D eigenvalue weighted by atomic mass is 16.5. The molecular weight excluding hydrogens is 246 g/mol. The second kappa shape index (κ2) is 4.83. The molecule has 0 radical (unpaired) electrons. The smallest absolute Gasteiger partial charge is 0.255 e. The normalized spacial score (nSPS) is 12.9. The summed E-state index contributed by atoms with van der Waals surface area (Å²) in [5.41, 5.74) is 6.12. The fourth-order valence-electron chi connectivity index (χ4n) is 1.84. The van der Waals surface area contributed by atoms with Crippen molar-refractivity contribution in [3.63, 3.8) is 0 Å². The zero-order valence-electron chi connectivity index (χ0n) is 10.1. The van der Waals surface area contributed by atoms with Crippen LogP contribution in [0.2, 0.25) is 0 Å². The summed E-state index contributed by atoms with van der Waals surface area (Å²) in [5, 5.41) is 14.5. The summed E-state index contributed by atoms with van der Waals surface area (Å²) < 4.78 is 10.6. The molecule has 0 amide bonds. The van der Waals surface area contributed by atoms with E-state index in [9.17, 15) is 5.11 Å². The van der Waals surface area contributed by atoms with Gasteiger partial charge in [-0.2, -0.15) is 4.98 Å². The zero-order chi connectivity index (χ0) is 13.2. The minimum absolute atomic E-state index is 0.154. The van der Waals surface area contributed by atoms with Gasteiger partial charge < -0.3 is 19.8 Å². The summed E-state index contributed by atoms with van der Waals surface area (Å²) in [4.78, 5) is 4.12. The van der Waals surface area contributed by atoms with Gasteiger partial charge in [-0.25, -0.2) is 0 Å². The lowest BCUT2D eigenvalue weighted by Gasteiger charge is -2.00. The van der Waals surface area contributed by atoms with Crippen LogP contribution in [-0.2, 0) is 0 Å². The molecule has 0 fully saturated rings. The van der Waals surface area contributed by atoms with E-state index in [4.69, 9.17) is 14.7 Å². The number of rotatable bonds is 4. The summed E-state index contributed by atoms with van der Waals surface area (Å²) >= 11 is 0. The lowest BCUT2D eigenvalue weighted by Crippen LogP contribution is -2.06. The van der Waals surface area contributed by atoms with Crippen molar-refractivity contribution in [3.8, 4) is 11.6 Å². The first kappa shape index (κ1) is 11.9. The van der Waals surface area contributed by atoms with Crippen LogP contribution in [0.3, 0.4) is 0 Å². The number of aromatic nitrogens is 2. The minimum atomic E-state index is -0.837. The molecule has 2 aromatic heterocycles. The molecule has 0 saturated heterocycles. The van der Waals surface area contributed by atoms with Crippen LogP contribution in [0.15, 0.2) is 39.3 Å². The molecule has 1 atom stereocenters. The van der Waals surface area contributed by atoms with Gasteiger partial charge in [-0.3, -0.25) is 0 Å². The van der Waals surface area contributed by atoms with Crippen LogP contribution < -0.4 is 5.73 Å². The van der Waals surface area contributed by atoms with Crippen molar-refractivity contribution in [1.29, 1.82) is 0 Å². The third-order valence-corrected chi connectivity index (χ3v) is 2.81. The van der Waals surface area contributed by atoms with Crippen LogP contribution in [0.4, 0.5) is 0 Å². The Balaban J connectivity index is 1.93. The Hall–Kier alpha value is -2.18. The first-order chi connectivity index (χ1) is 9.28. The Morgan fingerprint density at radius 1 is 1.32 bits per heavy atom. The SMILES string of the molecule is NCCC(O)c1nc(-c2cc3ccccc3o2)no1. The maximum atomic E-state index is 9.71. The molecule has 2 heterocycles. The van der Waals surface area contributed by atoms with E-state index in [-0.39, 0.29) is 5.89 Å². The van der Waals surface area contributed by atoms with Crippen LogP contribution in [0.25, 0.3) is 22.6 Å². The van der Waals surface area contributed by atoms with Gasteiger partial charge in [-0.05, 0) is 25.1 Å². The molecule has 19 heavy (non-hydrogen) atoms. The number of fused-ring (bicyclic) bond motifs is 1. The average Bonchev–Trinajstić information content (AvgIpc) is 3.05. The lowest BCUT2D eigenvalue weighted by atomic mass is 10.2. The Kier molecular flexibility index (Phi) is 3.02. The van der Waals surface area contributed by atoms with Crippen molar-refractivity contribution < 1.29 is 14.0 Å². The van der Waals surface area contributed by atoms with E-state index >= 15 is 0 Å². The maximum Gasteiger partial charge on any atom is 0.255 e. The van der Waals surface area contributed by atoms with Crippen LogP contribution in [-0.4, -0.2) is 21.8 Å². The third-order valence-electron chi connectivity index (χ3n) is 2.81. The van der Waals surface area contributed by atoms with Gasteiger partial charge in [0.15, 0.2) is 5.76 Å². The standard InChI is InChI=1S/C13H13N3O3/c14-6-5-9(17)13-15-12(16-19-13)11-7-8-3-1-2-4-10(8)18-11/h1-4,7,9,17H,5-6,14H2. The van der Waals surface area contributed by atoms with E-state index in [0.717, 1.165) is 11.0 Å². The Morgan fingerprint density at radius 2 is 2.16 bits per heavy atom. The molecule has 3 N–H and O–H groups in total. The van der Waals surface area contributed by atoms with Crippen molar-refractivity contribution in [2.75, 3.05) is 6.54 Å². The van der Waals surface area contributed by atoms with E-state index in [1.165, 1.54) is 0 Å². The number of nitrogens with zero attached hydrogens (tertiary/aromatic N) is 2. The molecular formula is C13H13N3O3. The molecule has 3 aromatic rings. The molecule has 0 aliphatic rings. The largest absolute Gasteiger partial charge is 0.453 e. The lowest BCUT2D eigenvalue weighted by molar-refractivity contribution is 0.127. The number of hydrogen-bond donors (Lipinski definition) is 2. The van der Waals surface area contributed by atoms with Gasteiger partial charge in [-0.1, -0.05) is 23.4 Å². The van der Waals surface area contributed by atoms with Gasteiger partial charge >= 0.3 is 0 Å². The predicted molar refractivity (Wildman–Crippen MR) is 68.1 cm³/mol. The summed E-state index contributed by atoms with van der Waals surface area (Å²) in [6, 6.07) is 9.45. The average molecular weight is 259 g/mol. The van der Waals surface area contributed by atoms with Gasteiger partial charge in [0.05, 0.1) is 0 Å². The van der Waals surface area contributed by atoms with E-state index in [0.29, 0.717) is 24.6 Å². The quantitative estimate of drug-likeness (QED) is 0.742. The fraction of sp³-hybridized carbons (Fsp3) is 0.231. The Labute approximate surface area is 108 Å². The monoisotopic (exact) mass is 259 g/mol. The van der Waals surface area contributed by atoms with Crippen molar-refractivity contribution in [3.05, 3.63) is 36.2 Å². The van der Waals surface area contributed by atoms with E-state index in [1.807, 2.05) is 30.3 Å². The van der Waals surface area contributed by atoms with Crippen LogP contribution in [0.5, 0.6) is 0 Å². The molecule has 0 aliphatic carbocycles. The van der Waals surface area contributed by atoms with Gasteiger partial charge in [0.1, 0.15) is 11.7 Å². The van der Waals surface area contributed by atoms with E-state index in [2.05, 4.69) is 10.1 Å². The highest BCUT2D eigenvalue weighted by Gasteiger charge is 2.18. The number of furan rings is 1. The summed E-state index contributed by atoms with van der Waals surface area (Å²) in [6.45, 7) is 0.351. The molecule has 0 spiro atoms. The summed E-state index contributed by atoms with van der Waals surface area (Å²) in [7, 11) is 0. The van der Waals surface area contributed by atoms with E-state index < -0.39 is 6.10 Å². The molecule has 3 rings (SSSR count). The van der Waals surface area contributed by atoms with Crippen molar-refractivity contribution in [2.45, 2.75) is 12.5 Å². The van der Waals surface area contributed by atoms with Crippen molar-refractivity contribution in [1.82, 2.24) is 10.1 Å². The molecule has 0 bridgehead atoms. The van der Waals surface area contributed by atoms with Crippen molar-refractivity contribution >= 4 is 11.0 Å². The van der Waals surface area contributed by atoms with Gasteiger partial charge in [0.2, 0.25) is 5.82 Å². The summed E-state index contributed by atoms with van der Waals surface area (Å²) in [5.74, 6) is 0.985. The highest BCUT2D eigenvalue weighted by Crippen LogP contribution is 2.26. The molecule has 98 valence electrons. The minimum Gasteiger partial charge on any atom is -0.453 e. The van der Waals surface area contributed by atoms with Gasteiger partial charge in [0, 0.05) is 5.39 Å². The maximum absolute atomic E-state index is 9.71. The van der Waals surface area contributed by atoms with E-state index in [1.54, 1.807) is 0 Å². The number of aliphatic hydroxyl groups excluding tert-OH is 1. The number of benzene rings is 1. The molecule has 0 aliphatic heterocycles. The second-order valence-electron chi connectivity index (χ2n) is 4.20. The molecule has 6 nitrogen and oxygen atoms in total. The third kappa shape index (κ3) is 2.23. The molecule has 0 saturated carbocycles. The number of aliphatic hydroxyl groups is 1.